The predicted octanol–water partition coefficient (Wildman–Crippen LogP) is -0.969. The van der Waals surface area contributed by atoms with E-state index >= 15 is 0 Å². The van der Waals surface area contributed by atoms with Crippen LogP contribution in [0.3, 0.4) is 0 Å². The van der Waals surface area contributed by atoms with Crippen molar-refractivity contribution in [2.75, 3.05) is 13.7 Å². The second-order valence-corrected chi connectivity index (χ2v) is 4.06. The minimum absolute atomic E-state index is 0.0324. The third-order valence-corrected chi connectivity index (χ3v) is 2.34. The molecule has 0 aromatic rings. The van der Waals surface area contributed by atoms with Crippen molar-refractivity contribution in [3.05, 3.63) is 0 Å². The molecule has 0 amide bonds. The molecular formula is C12H17NO8. The second kappa shape index (κ2) is 9.59. The highest BCUT2D eigenvalue weighted by atomic mass is 16.6. The smallest absolute Gasteiger partial charge is 0.381 e. The molecule has 0 aliphatic carbocycles. The molecule has 1 atom stereocenters. The molecule has 2 N–H and O–H groups in total. The molecule has 0 radical (unpaired) electrons. The van der Waals surface area contributed by atoms with E-state index in [1.807, 2.05) is 0 Å². The summed E-state index contributed by atoms with van der Waals surface area (Å²) in [6.45, 7) is 1.86. The number of esters is 3. The topological polar surface area (TPSA) is 136 Å². The first-order chi connectivity index (χ1) is 9.77. The standard InChI is InChI=1S/C6H11NO2.C6H6O6/c1-9-6(8)5-3-2-4-7-5;1-3(7)6(11)12-5(10)2-4(8)9/h5,7H,2-4H2,1H3;2H2,1H3,(H,8,9)/t5-;/m0./s1. The lowest BCUT2D eigenvalue weighted by atomic mass is 10.2. The van der Waals surface area contributed by atoms with Crippen LogP contribution in [0.2, 0.25) is 0 Å². The fourth-order valence-electron chi connectivity index (χ4n) is 1.36. The highest BCUT2D eigenvalue weighted by Crippen LogP contribution is 2.05. The summed E-state index contributed by atoms with van der Waals surface area (Å²) in [6, 6.07) is -0.0324. The van der Waals surface area contributed by atoms with Gasteiger partial charge in [-0.3, -0.25) is 19.2 Å². The lowest BCUT2D eigenvalue weighted by molar-refractivity contribution is -0.165. The van der Waals surface area contributed by atoms with Gasteiger partial charge in [0.05, 0.1) is 7.11 Å². The summed E-state index contributed by atoms with van der Waals surface area (Å²) >= 11 is 0. The van der Waals surface area contributed by atoms with E-state index in [4.69, 9.17) is 5.11 Å². The average Bonchev–Trinajstić information content (AvgIpc) is 2.91. The fourth-order valence-corrected chi connectivity index (χ4v) is 1.36. The van der Waals surface area contributed by atoms with Crippen LogP contribution in [0.1, 0.15) is 26.2 Å². The molecule has 118 valence electrons. The first-order valence-electron chi connectivity index (χ1n) is 6.06. The zero-order valence-electron chi connectivity index (χ0n) is 11.7. The largest absolute Gasteiger partial charge is 0.481 e. The molecule has 1 aliphatic rings. The predicted molar refractivity (Wildman–Crippen MR) is 67.1 cm³/mol. The molecule has 1 saturated heterocycles. The third kappa shape index (κ3) is 8.47. The number of carboxylic acid groups (broad SMARTS) is 1. The number of hydrogen-bond acceptors (Lipinski definition) is 8. The minimum atomic E-state index is -1.42. The van der Waals surface area contributed by atoms with Crippen LogP contribution in [0.4, 0.5) is 0 Å². The van der Waals surface area contributed by atoms with Gasteiger partial charge in [0, 0.05) is 6.92 Å². The van der Waals surface area contributed by atoms with Crippen molar-refractivity contribution in [1.82, 2.24) is 5.32 Å². The van der Waals surface area contributed by atoms with Gasteiger partial charge in [-0.25, -0.2) is 4.79 Å². The van der Waals surface area contributed by atoms with Gasteiger partial charge in [-0.1, -0.05) is 0 Å². The lowest BCUT2D eigenvalue weighted by Crippen LogP contribution is -2.31. The number of aliphatic carboxylic acids is 1. The molecule has 21 heavy (non-hydrogen) atoms. The lowest BCUT2D eigenvalue weighted by Gasteiger charge is -2.04. The molecule has 0 bridgehead atoms. The number of methoxy groups -OCH3 is 1. The molecule has 0 spiro atoms. The summed E-state index contributed by atoms with van der Waals surface area (Å²) in [5, 5.41) is 11.1. The van der Waals surface area contributed by atoms with E-state index in [-0.39, 0.29) is 12.0 Å². The van der Waals surface area contributed by atoms with Crippen molar-refractivity contribution in [3.8, 4) is 0 Å². The molecule has 0 saturated carbocycles. The van der Waals surface area contributed by atoms with Crippen molar-refractivity contribution in [3.63, 3.8) is 0 Å². The van der Waals surface area contributed by atoms with Gasteiger partial charge >= 0.3 is 23.9 Å². The van der Waals surface area contributed by atoms with Crippen molar-refractivity contribution in [2.24, 2.45) is 0 Å². The summed E-state index contributed by atoms with van der Waals surface area (Å²) in [5.41, 5.74) is 0. The van der Waals surface area contributed by atoms with Gasteiger partial charge in [-0.05, 0) is 19.4 Å². The van der Waals surface area contributed by atoms with Gasteiger partial charge in [-0.2, -0.15) is 0 Å². The molecule has 1 aliphatic heterocycles. The molecule has 9 heteroatoms. The van der Waals surface area contributed by atoms with Crippen LogP contribution < -0.4 is 5.32 Å². The van der Waals surface area contributed by atoms with E-state index in [2.05, 4.69) is 14.8 Å². The molecule has 1 fully saturated rings. The Bertz CT molecular complexity index is 425. The normalized spacial score (nSPS) is 16.2. The van der Waals surface area contributed by atoms with E-state index in [0.717, 1.165) is 26.3 Å². The molecule has 0 aromatic heterocycles. The van der Waals surface area contributed by atoms with E-state index in [0.29, 0.717) is 0 Å². The summed E-state index contributed by atoms with van der Waals surface area (Å²) in [4.78, 5) is 51.5. The maximum Gasteiger partial charge on any atom is 0.381 e. The zero-order chi connectivity index (χ0) is 16.4. The average molecular weight is 303 g/mol. The van der Waals surface area contributed by atoms with Gasteiger partial charge in [0.15, 0.2) is 0 Å². The number of ketones is 1. The van der Waals surface area contributed by atoms with Gasteiger partial charge in [-0.15, -0.1) is 0 Å². The molecule has 9 nitrogen and oxygen atoms in total. The highest BCUT2D eigenvalue weighted by molar-refractivity contribution is 6.34. The Morgan fingerprint density at radius 1 is 1.24 bits per heavy atom. The van der Waals surface area contributed by atoms with E-state index in [1.165, 1.54) is 7.11 Å². The van der Waals surface area contributed by atoms with Crippen LogP contribution in [0.15, 0.2) is 0 Å². The number of carboxylic acids is 1. The summed E-state index contributed by atoms with van der Waals surface area (Å²) in [7, 11) is 1.42. The Kier molecular flexibility index (Phi) is 8.54. The molecule has 1 rings (SSSR count). The number of ether oxygens (including phenoxy) is 2. The van der Waals surface area contributed by atoms with E-state index < -0.39 is 30.1 Å². The van der Waals surface area contributed by atoms with Gasteiger partial charge < -0.3 is 19.9 Å². The van der Waals surface area contributed by atoms with Crippen LogP contribution >= 0.6 is 0 Å². The zero-order valence-corrected chi connectivity index (χ0v) is 11.7. The number of hydrogen-bond donors (Lipinski definition) is 2. The quantitative estimate of drug-likeness (QED) is 0.382. The first kappa shape index (κ1) is 18.7. The minimum Gasteiger partial charge on any atom is -0.481 e. The highest BCUT2D eigenvalue weighted by Gasteiger charge is 2.21. The summed E-state index contributed by atoms with van der Waals surface area (Å²) < 4.78 is 8.35. The summed E-state index contributed by atoms with van der Waals surface area (Å²) in [5.74, 6) is -5.10. The van der Waals surface area contributed by atoms with Crippen molar-refractivity contribution in [1.29, 1.82) is 0 Å². The molecular weight excluding hydrogens is 286 g/mol. The van der Waals surface area contributed by atoms with Crippen molar-refractivity contribution >= 4 is 29.7 Å². The molecule has 0 unspecified atom stereocenters. The van der Waals surface area contributed by atoms with Crippen molar-refractivity contribution < 1.29 is 38.6 Å². The molecule has 1 heterocycles. The number of nitrogens with one attached hydrogen (secondary N) is 1. The van der Waals surface area contributed by atoms with Gasteiger partial charge in [0.1, 0.15) is 12.5 Å². The van der Waals surface area contributed by atoms with Gasteiger partial charge in [0.2, 0.25) is 5.78 Å². The van der Waals surface area contributed by atoms with Crippen LogP contribution in [0.25, 0.3) is 0 Å². The fraction of sp³-hybridized carbons (Fsp3) is 0.583. The van der Waals surface area contributed by atoms with E-state index in [1.54, 1.807) is 0 Å². The number of rotatable bonds is 4. The molecule has 0 aromatic carbocycles. The van der Waals surface area contributed by atoms with Crippen LogP contribution in [-0.4, -0.2) is 54.5 Å². The van der Waals surface area contributed by atoms with Crippen LogP contribution in [0.5, 0.6) is 0 Å². The SMILES string of the molecule is CC(=O)C(=O)OC(=O)CC(=O)O.COC(=O)[C@@H]1CCCN1. The monoisotopic (exact) mass is 303 g/mol. The number of carbonyl (C=O) groups excluding carboxylic acids is 4. The maximum atomic E-state index is 10.7. The van der Waals surface area contributed by atoms with Crippen molar-refractivity contribution in [2.45, 2.75) is 32.2 Å². The number of Topliss-reactive ketones (excluding diaryl/α,β-unsaturated/α-hetero) is 1. The van der Waals surface area contributed by atoms with Crippen LogP contribution in [-0.2, 0) is 33.4 Å². The van der Waals surface area contributed by atoms with E-state index in [9.17, 15) is 24.0 Å². The Hall–Kier alpha value is -2.29. The Morgan fingerprint density at radius 3 is 2.24 bits per heavy atom. The number of carbonyl (C=O) groups is 5. The van der Waals surface area contributed by atoms with Gasteiger partial charge in [0.25, 0.3) is 0 Å². The Morgan fingerprint density at radius 2 is 1.86 bits per heavy atom. The first-order valence-corrected chi connectivity index (χ1v) is 6.06. The van der Waals surface area contributed by atoms with Crippen LogP contribution in [0, 0.1) is 0 Å². The third-order valence-electron chi connectivity index (χ3n) is 2.34. The Balaban J connectivity index is 0.000000394. The Labute approximate surface area is 120 Å². The second-order valence-electron chi connectivity index (χ2n) is 4.06. The maximum absolute atomic E-state index is 10.7. The summed E-state index contributed by atoms with van der Waals surface area (Å²) in [6.07, 6.45) is 1.07.